The average molecular weight is 741 g/mol. The van der Waals surface area contributed by atoms with Crippen LogP contribution < -0.4 is 26.0 Å². The summed E-state index contributed by atoms with van der Waals surface area (Å²) < 4.78 is 12.3. The van der Waals surface area contributed by atoms with E-state index in [1.54, 1.807) is 13.0 Å². The van der Waals surface area contributed by atoms with Crippen molar-refractivity contribution in [2.45, 2.75) is 82.5 Å². The van der Waals surface area contributed by atoms with Crippen LogP contribution in [0.25, 0.3) is 10.2 Å². The number of para-hydroxylation sites is 1. The standard InChI is InChI=1S/C37H49ClN6O6S/c1-4-32(45)39-29(22-33-40-27-13-12-24(38)21-31(27)51-33)36(47)43-34(23-14-18-49-19-15-23)37(48)42-28(10-7-8-17-44(2)3)35(46)41-26-16-20-50-30-11-6-5-9-25(26)30/h5-6,9,11-13,21,23,26,28-29,34H,4,7-8,10,14-20,22H2,1-3H3,(H,39,45)(H,41,46)(H,42,48)(H,43,47)/t26-,28+,29+,34+/m1/s1. The summed E-state index contributed by atoms with van der Waals surface area (Å²) in [5, 5.41) is 13.2. The molecular formula is C37H49ClN6O6S. The summed E-state index contributed by atoms with van der Waals surface area (Å²) in [6.07, 6.45) is 4.05. The Morgan fingerprint density at radius 1 is 0.941 bits per heavy atom. The van der Waals surface area contributed by atoms with Gasteiger partial charge in [-0.25, -0.2) is 4.98 Å². The molecule has 4 amide bonds. The molecule has 3 heterocycles. The van der Waals surface area contributed by atoms with Gasteiger partial charge in [-0.1, -0.05) is 36.7 Å². The van der Waals surface area contributed by atoms with Crippen molar-refractivity contribution in [3.05, 3.63) is 58.1 Å². The second-order valence-corrected chi connectivity index (χ2v) is 15.0. The van der Waals surface area contributed by atoms with Crippen LogP contribution in [0.4, 0.5) is 0 Å². The summed E-state index contributed by atoms with van der Waals surface area (Å²) in [5.74, 6) is -1.000. The number of nitrogens with one attached hydrogen (secondary N) is 4. The maximum atomic E-state index is 14.2. The number of rotatable bonds is 16. The van der Waals surface area contributed by atoms with Gasteiger partial charge in [-0.05, 0) is 82.9 Å². The third-order valence-electron chi connectivity index (χ3n) is 9.32. The number of halogens is 1. The fourth-order valence-electron chi connectivity index (χ4n) is 6.49. The van der Waals surface area contributed by atoms with E-state index in [2.05, 4.69) is 31.2 Å². The van der Waals surface area contributed by atoms with E-state index < -0.39 is 29.9 Å². The number of amides is 4. The zero-order chi connectivity index (χ0) is 36.3. The van der Waals surface area contributed by atoms with E-state index in [0.29, 0.717) is 62.0 Å². The van der Waals surface area contributed by atoms with Gasteiger partial charge >= 0.3 is 0 Å². The van der Waals surface area contributed by atoms with Gasteiger partial charge in [-0.3, -0.25) is 19.2 Å². The minimum absolute atomic E-state index is 0.139. The molecule has 0 bridgehead atoms. The van der Waals surface area contributed by atoms with E-state index >= 15 is 0 Å². The second-order valence-electron chi connectivity index (χ2n) is 13.4. The molecule has 2 aromatic carbocycles. The molecule has 4 N–H and O–H groups in total. The third-order valence-corrected chi connectivity index (χ3v) is 10.6. The Balaban J connectivity index is 1.34. The van der Waals surface area contributed by atoms with Crippen LogP contribution >= 0.6 is 22.9 Å². The number of ether oxygens (including phenoxy) is 2. The number of benzene rings is 2. The third kappa shape index (κ3) is 10.9. The molecular weight excluding hydrogens is 692 g/mol. The second kappa shape index (κ2) is 18.6. The molecule has 1 aromatic heterocycles. The number of hydrogen-bond donors (Lipinski definition) is 4. The van der Waals surface area contributed by atoms with Crippen molar-refractivity contribution in [1.82, 2.24) is 31.2 Å². The minimum Gasteiger partial charge on any atom is -0.493 e. The van der Waals surface area contributed by atoms with Crippen LogP contribution in [0.1, 0.15) is 68.5 Å². The predicted octanol–water partition coefficient (Wildman–Crippen LogP) is 4.16. The molecule has 0 unspecified atom stereocenters. The minimum atomic E-state index is -0.970. The molecule has 0 spiro atoms. The molecule has 5 rings (SSSR count). The average Bonchev–Trinajstić information content (AvgIpc) is 3.53. The molecule has 3 aromatic rings. The smallest absolute Gasteiger partial charge is 0.243 e. The summed E-state index contributed by atoms with van der Waals surface area (Å²) in [6.45, 7) is 3.94. The number of nitrogens with zero attached hydrogens (tertiary/aromatic N) is 2. The number of thiazole rings is 1. The first-order chi connectivity index (χ1) is 24.6. The van der Waals surface area contributed by atoms with Crippen molar-refractivity contribution in [3.63, 3.8) is 0 Å². The molecule has 1 saturated heterocycles. The Bertz CT molecular complexity index is 1660. The van der Waals surface area contributed by atoms with Crippen molar-refractivity contribution in [2.75, 3.05) is 40.5 Å². The fourth-order valence-corrected chi connectivity index (χ4v) is 7.77. The Morgan fingerprint density at radius 3 is 2.49 bits per heavy atom. The largest absolute Gasteiger partial charge is 0.493 e. The molecule has 12 nitrogen and oxygen atoms in total. The Morgan fingerprint density at radius 2 is 1.73 bits per heavy atom. The highest BCUT2D eigenvalue weighted by Crippen LogP contribution is 2.32. The fraction of sp³-hybridized carbons (Fsp3) is 0.541. The molecule has 4 atom stereocenters. The normalized spacial score (nSPS) is 17.9. The van der Waals surface area contributed by atoms with Crippen LogP contribution in [-0.4, -0.2) is 92.1 Å². The Hall–Kier alpha value is -3.78. The molecule has 1 fully saturated rings. The van der Waals surface area contributed by atoms with E-state index in [1.807, 2.05) is 50.5 Å². The molecule has 0 aliphatic carbocycles. The van der Waals surface area contributed by atoms with Crippen LogP contribution in [0.2, 0.25) is 5.02 Å². The van der Waals surface area contributed by atoms with Gasteiger partial charge in [-0.15, -0.1) is 11.3 Å². The van der Waals surface area contributed by atoms with Crippen LogP contribution in [0.15, 0.2) is 42.5 Å². The lowest BCUT2D eigenvalue weighted by molar-refractivity contribution is -0.135. The lowest BCUT2D eigenvalue weighted by Crippen LogP contribution is -2.59. The zero-order valence-electron chi connectivity index (χ0n) is 29.5. The maximum absolute atomic E-state index is 14.2. The van der Waals surface area contributed by atoms with Gasteiger partial charge in [0.15, 0.2) is 0 Å². The maximum Gasteiger partial charge on any atom is 0.243 e. The van der Waals surface area contributed by atoms with Gasteiger partial charge in [0.25, 0.3) is 0 Å². The number of aromatic nitrogens is 1. The summed E-state index contributed by atoms with van der Waals surface area (Å²) >= 11 is 7.58. The van der Waals surface area contributed by atoms with Gasteiger partial charge in [0, 0.05) is 43.1 Å². The lowest BCUT2D eigenvalue weighted by Gasteiger charge is -2.33. The van der Waals surface area contributed by atoms with Gasteiger partial charge in [0.1, 0.15) is 23.9 Å². The molecule has 0 saturated carbocycles. The van der Waals surface area contributed by atoms with Gasteiger partial charge in [0.2, 0.25) is 23.6 Å². The van der Waals surface area contributed by atoms with Gasteiger partial charge in [0.05, 0.1) is 27.9 Å². The SMILES string of the molecule is CCC(=O)N[C@@H](Cc1nc2ccc(Cl)cc2s1)C(=O)N[C@H](C(=O)N[C@@H](CCCCN(C)C)C(=O)N[C@@H]1CCOc2ccccc21)C1CCOCC1. The summed E-state index contributed by atoms with van der Waals surface area (Å²) in [7, 11) is 4.00. The number of fused-ring (bicyclic) bond motifs is 2. The first-order valence-corrected chi connectivity index (χ1v) is 19.0. The molecule has 2 aliphatic heterocycles. The topological polar surface area (TPSA) is 151 Å². The van der Waals surface area contributed by atoms with Crippen LogP contribution in [0, 0.1) is 5.92 Å². The van der Waals surface area contributed by atoms with E-state index in [-0.39, 0.29) is 36.6 Å². The van der Waals surface area contributed by atoms with Crippen molar-refractivity contribution in [3.8, 4) is 5.75 Å². The highest BCUT2D eigenvalue weighted by atomic mass is 35.5. The van der Waals surface area contributed by atoms with Gasteiger partial charge < -0.3 is 35.6 Å². The van der Waals surface area contributed by atoms with Crippen LogP contribution in [0.3, 0.4) is 0 Å². The number of hydrogen-bond acceptors (Lipinski definition) is 9. The predicted molar refractivity (Wildman–Crippen MR) is 198 cm³/mol. The number of carbonyl (C=O) groups excluding carboxylic acids is 4. The van der Waals surface area contributed by atoms with Crippen LogP contribution in [-0.2, 0) is 30.3 Å². The summed E-state index contributed by atoms with van der Waals surface area (Å²) in [6, 6.07) is 10.0. The van der Waals surface area contributed by atoms with Crippen molar-refractivity contribution in [1.29, 1.82) is 0 Å². The highest BCUT2D eigenvalue weighted by molar-refractivity contribution is 7.18. The Labute approximate surface area is 308 Å². The van der Waals surface area contributed by atoms with E-state index in [4.69, 9.17) is 21.1 Å². The quantitative estimate of drug-likeness (QED) is 0.160. The highest BCUT2D eigenvalue weighted by Gasteiger charge is 2.36. The summed E-state index contributed by atoms with van der Waals surface area (Å²) in [4.78, 5) is 61.5. The molecule has 14 heteroatoms. The van der Waals surface area contributed by atoms with Crippen LogP contribution in [0.5, 0.6) is 5.75 Å². The Kier molecular flexibility index (Phi) is 14.0. The lowest BCUT2D eigenvalue weighted by atomic mass is 9.90. The first kappa shape index (κ1) is 38.5. The molecule has 51 heavy (non-hydrogen) atoms. The first-order valence-electron chi connectivity index (χ1n) is 17.8. The van der Waals surface area contributed by atoms with Gasteiger partial charge in [-0.2, -0.15) is 0 Å². The monoisotopic (exact) mass is 740 g/mol. The molecule has 0 radical (unpaired) electrons. The van der Waals surface area contributed by atoms with Crippen molar-refractivity contribution in [2.24, 2.45) is 5.92 Å². The zero-order valence-corrected chi connectivity index (χ0v) is 31.1. The van der Waals surface area contributed by atoms with E-state index in [9.17, 15) is 19.2 Å². The molecule has 2 aliphatic rings. The molecule has 276 valence electrons. The summed E-state index contributed by atoms with van der Waals surface area (Å²) in [5.41, 5.74) is 1.65. The van der Waals surface area contributed by atoms with E-state index in [1.165, 1.54) is 11.3 Å². The van der Waals surface area contributed by atoms with Crippen molar-refractivity contribution < 1.29 is 28.7 Å². The number of carbonyl (C=O) groups is 4. The number of unbranched alkanes of at least 4 members (excludes halogenated alkanes) is 1. The van der Waals surface area contributed by atoms with E-state index in [0.717, 1.165) is 34.5 Å². The van der Waals surface area contributed by atoms with Crippen molar-refractivity contribution >= 4 is 56.8 Å².